The molecule has 170 valence electrons. The second-order valence-electron chi connectivity index (χ2n) is 8.24. The van der Waals surface area contributed by atoms with Gasteiger partial charge in [-0.2, -0.15) is 0 Å². The van der Waals surface area contributed by atoms with Crippen LogP contribution in [-0.2, 0) is 9.47 Å². The van der Waals surface area contributed by atoms with Crippen molar-refractivity contribution in [3.63, 3.8) is 0 Å². The van der Waals surface area contributed by atoms with Crippen LogP contribution in [0.25, 0.3) is 11.1 Å². The molecular weight excluding hydrogens is 404 g/mol. The van der Waals surface area contributed by atoms with E-state index in [0.29, 0.717) is 35.5 Å². The molecule has 0 atom stereocenters. The lowest BCUT2D eigenvalue weighted by Crippen LogP contribution is -2.08. The van der Waals surface area contributed by atoms with E-state index >= 15 is 0 Å². The summed E-state index contributed by atoms with van der Waals surface area (Å²) < 4.78 is 10.7. The standard InChI is InChI=1S/C27H32O5/c1-3-5-7-9-15-31-26(29)19-11-13-21-22-14-12-20(18-24(22)25(28)23(21)17-19)27(30)32-16-10-8-6-4-2/h11-14,17-18H,3-10,15-16H2,1-2H3. The molecule has 32 heavy (non-hydrogen) atoms. The Balaban J connectivity index is 1.65. The fourth-order valence-corrected chi connectivity index (χ4v) is 3.89. The van der Waals surface area contributed by atoms with Gasteiger partial charge in [0.1, 0.15) is 0 Å². The van der Waals surface area contributed by atoms with Crippen molar-refractivity contribution in [3.8, 4) is 11.1 Å². The van der Waals surface area contributed by atoms with Crippen molar-refractivity contribution in [2.75, 3.05) is 13.2 Å². The van der Waals surface area contributed by atoms with Gasteiger partial charge >= 0.3 is 11.9 Å². The SMILES string of the molecule is CCCCCCOC(=O)c1ccc2c(c1)C(=O)c1cc(C(=O)OCCCCCC)ccc1-2. The molecule has 0 unspecified atom stereocenters. The van der Waals surface area contributed by atoms with E-state index < -0.39 is 11.9 Å². The summed E-state index contributed by atoms with van der Waals surface area (Å²) in [6.45, 7) is 5.03. The third kappa shape index (κ3) is 5.64. The van der Waals surface area contributed by atoms with Gasteiger partial charge in [0.2, 0.25) is 0 Å². The predicted octanol–water partition coefficient (Wildman–Crippen LogP) is 6.37. The molecule has 0 spiro atoms. The Morgan fingerprint density at radius 1 is 0.625 bits per heavy atom. The summed E-state index contributed by atoms with van der Waals surface area (Å²) in [4.78, 5) is 37.7. The molecule has 5 heteroatoms. The summed E-state index contributed by atoms with van der Waals surface area (Å²) in [6, 6.07) is 10.1. The smallest absolute Gasteiger partial charge is 0.338 e. The van der Waals surface area contributed by atoms with Crippen molar-refractivity contribution in [2.45, 2.75) is 65.2 Å². The second kappa shape index (κ2) is 11.6. The number of rotatable bonds is 12. The summed E-state index contributed by atoms with van der Waals surface area (Å²) in [5.74, 6) is -1.02. The Bertz CT molecular complexity index is 899. The molecule has 0 amide bonds. The zero-order valence-electron chi connectivity index (χ0n) is 19.1. The molecular formula is C27H32O5. The van der Waals surface area contributed by atoms with E-state index in [1.165, 1.54) is 0 Å². The van der Waals surface area contributed by atoms with Gasteiger partial charge < -0.3 is 9.47 Å². The first-order valence-electron chi connectivity index (χ1n) is 11.7. The molecule has 1 aliphatic carbocycles. The molecule has 2 aromatic rings. The van der Waals surface area contributed by atoms with E-state index in [1.807, 2.05) is 0 Å². The van der Waals surface area contributed by atoms with E-state index in [-0.39, 0.29) is 5.78 Å². The van der Waals surface area contributed by atoms with E-state index in [2.05, 4.69) is 13.8 Å². The first-order valence-corrected chi connectivity index (χ1v) is 11.7. The van der Waals surface area contributed by atoms with Crippen molar-refractivity contribution in [2.24, 2.45) is 0 Å². The number of unbranched alkanes of at least 4 members (excludes halogenated alkanes) is 6. The van der Waals surface area contributed by atoms with Gasteiger partial charge in [-0.1, -0.05) is 64.5 Å². The topological polar surface area (TPSA) is 69.7 Å². The minimum absolute atomic E-state index is 0.190. The Morgan fingerprint density at radius 2 is 1.06 bits per heavy atom. The molecule has 0 aliphatic heterocycles. The van der Waals surface area contributed by atoms with Crippen molar-refractivity contribution in [1.82, 2.24) is 0 Å². The Kier molecular flexibility index (Phi) is 8.60. The van der Waals surface area contributed by atoms with Crippen LogP contribution in [0.5, 0.6) is 0 Å². The number of esters is 2. The largest absolute Gasteiger partial charge is 0.462 e. The van der Waals surface area contributed by atoms with Crippen molar-refractivity contribution in [1.29, 1.82) is 0 Å². The number of hydrogen-bond acceptors (Lipinski definition) is 5. The zero-order valence-corrected chi connectivity index (χ0v) is 19.1. The average molecular weight is 437 g/mol. The molecule has 5 nitrogen and oxygen atoms in total. The van der Waals surface area contributed by atoms with Gasteiger partial charge in [-0.3, -0.25) is 4.79 Å². The van der Waals surface area contributed by atoms with E-state index in [4.69, 9.17) is 9.47 Å². The highest BCUT2D eigenvalue weighted by Crippen LogP contribution is 2.37. The van der Waals surface area contributed by atoms with Crippen molar-refractivity contribution < 1.29 is 23.9 Å². The van der Waals surface area contributed by atoms with Gasteiger partial charge in [0.05, 0.1) is 24.3 Å². The molecule has 0 N–H and O–H groups in total. The van der Waals surface area contributed by atoms with Gasteiger partial charge in [0.25, 0.3) is 0 Å². The first kappa shape index (κ1) is 23.7. The number of carbonyl (C=O) groups excluding carboxylic acids is 3. The van der Waals surface area contributed by atoms with E-state index in [0.717, 1.165) is 62.5 Å². The number of ether oxygens (including phenoxy) is 2. The van der Waals surface area contributed by atoms with Gasteiger partial charge in [0.15, 0.2) is 5.78 Å². The van der Waals surface area contributed by atoms with Crippen LogP contribution in [0, 0.1) is 0 Å². The van der Waals surface area contributed by atoms with Crippen LogP contribution in [0.4, 0.5) is 0 Å². The van der Waals surface area contributed by atoms with Crippen LogP contribution in [0.2, 0.25) is 0 Å². The van der Waals surface area contributed by atoms with Crippen LogP contribution in [0.1, 0.15) is 102 Å². The highest BCUT2D eigenvalue weighted by molar-refractivity contribution is 6.22. The summed E-state index contributed by atoms with van der Waals surface area (Å²) >= 11 is 0. The monoisotopic (exact) mass is 436 g/mol. The van der Waals surface area contributed by atoms with Gasteiger partial charge in [0, 0.05) is 11.1 Å². The van der Waals surface area contributed by atoms with Crippen molar-refractivity contribution in [3.05, 3.63) is 58.7 Å². The summed E-state index contributed by atoms with van der Waals surface area (Å²) in [5, 5.41) is 0. The minimum atomic E-state index is -0.416. The van der Waals surface area contributed by atoms with Gasteiger partial charge in [-0.25, -0.2) is 9.59 Å². The summed E-state index contributed by atoms with van der Waals surface area (Å²) in [7, 11) is 0. The lowest BCUT2D eigenvalue weighted by molar-refractivity contribution is 0.0488. The highest BCUT2D eigenvalue weighted by atomic mass is 16.5. The summed E-state index contributed by atoms with van der Waals surface area (Å²) in [5.41, 5.74) is 3.20. The number of benzene rings is 2. The average Bonchev–Trinajstić information content (AvgIpc) is 3.09. The summed E-state index contributed by atoms with van der Waals surface area (Å²) in [6.07, 6.45) is 8.24. The minimum Gasteiger partial charge on any atom is -0.462 e. The molecule has 3 rings (SSSR count). The Morgan fingerprint density at radius 3 is 1.47 bits per heavy atom. The van der Waals surface area contributed by atoms with Crippen LogP contribution in [0.15, 0.2) is 36.4 Å². The van der Waals surface area contributed by atoms with Crippen LogP contribution >= 0.6 is 0 Å². The number of ketones is 1. The quantitative estimate of drug-likeness (QED) is 0.244. The highest BCUT2D eigenvalue weighted by Gasteiger charge is 2.29. The first-order chi connectivity index (χ1) is 15.6. The maximum Gasteiger partial charge on any atom is 0.338 e. The molecule has 0 heterocycles. The zero-order chi connectivity index (χ0) is 22.9. The number of carbonyl (C=O) groups is 3. The van der Waals surface area contributed by atoms with E-state index in [9.17, 15) is 14.4 Å². The maximum atomic E-state index is 13.0. The van der Waals surface area contributed by atoms with Crippen molar-refractivity contribution >= 4 is 17.7 Å². The fourth-order valence-electron chi connectivity index (χ4n) is 3.89. The van der Waals surface area contributed by atoms with E-state index in [1.54, 1.807) is 36.4 Å². The molecule has 0 saturated heterocycles. The second-order valence-corrected chi connectivity index (χ2v) is 8.24. The molecule has 0 aromatic heterocycles. The molecule has 2 aromatic carbocycles. The number of fused-ring (bicyclic) bond motifs is 3. The molecule has 0 bridgehead atoms. The number of hydrogen-bond donors (Lipinski definition) is 0. The Labute approximate surface area is 190 Å². The third-order valence-electron chi connectivity index (χ3n) is 5.75. The van der Waals surface area contributed by atoms with Crippen LogP contribution in [-0.4, -0.2) is 30.9 Å². The molecule has 0 saturated carbocycles. The van der Waals surface area contributed by atoms with Gasteiger partial charge in [-0.15, -0.1) is 0 Å². The third-order valence-corrected chi connectivity index (χ3v) is 5.75. The van der Waals surface area contributed by atoms with Crippen LogP contribution in [0.3, 0.4) is 0 Å². The molecule has 0 radical (unpaired) electrons. The lowest BCUT2D eigenvalue weighted by Gasteiger charge is -2.07. The molecule has 1 aliphatic rings. The van der Waals surface area contributed by atoms with Gasteiger partial charge in [-0.05, 0) is 48.2 Å². The fraction of sp³-hybridized carbons (Fsp3) is 0.444. The molecule has 0 fully saturated rings. The lowest BCUT2D eigenvalue weighted by atomic mass is 10.0. The Hall–Kier alpha value is -2.95. The maximum absolute atomic E-state index is 13.0. The predicted molar refractivity (Wildman–Crippen MR) is 124 cm³/mol. The van der Waals surface area contributed by atoms with Crippen LogP contribution < -0.4 is 0 Å². The normalized spacial score (nSPS) is 11.8.